The standard InChI is InChI=1S/C21H39F/c1-5-18(20-12-9-15(2)10-13-20)7-6-8-19-14-11-16(3)21(22)17(19)4/h15-21H,5-14H2,1-4H3. The van der Waals surface area contributed by atoms with Gasteiger partial charge in [-0.3, -0.25) is 0 Å². The maximum absolute atomic E-state index is 14.2. The number of halogens is 1. The molecule has 2 aliphatic rings. The van der Waals surface area contributed by atoms with Crippen LogP contribution in [0.25, 0.3) is 0 Å². The summed E-state index contributed by atoms with van der Waals surface area (Å²) in [6, 6.07) is 0. The van der Waals surface area contributed by atoms with Crippen molar-refractivity contribution in [1.82, 2.24) is 0 Å². The van der Waals surface area contributed by atoms with Gasteiger partial charge in [0.1, 0.15) is 6.17 Å². The molecule has 2 saturated carbocycles. The molecule has 130 valence electrons. The molecule has 0 aromatic rings. The highest BCUT2D eigenvalue weighted by atomic mass is 19.1. The van der Waals surface area contributed by atoms with E-state index in [1.807, 2.05) is 0 Å². The molecule has 22 heavy (non-hydrogen) atoms. The lowest BCUT2D eigenvalue weighted by molar-refractivity contribution is 0.0641. The van der Waals surface area contributed by atoms with Crippen molar-refractivity contribution in [1.29, 1.82) is 0 Å². The molecule has 0 spiro atoms. The lowest BCUT2D eigenvalue weighted by Gasteiger charge is -2.37. The van der Waals surface area contributed by atoms with Crippen LogP contribution in [-0.2, 0) is 0 Å². The number of alkyl halides is 1. The predicted octanol–water partition coefficient (Wildman–Crippen LogP) is 7.03. The summed E-state index contributed by atoms with van der Waals surface area (Å²) < 4.78 is 14.2. The van der Waals surface area contributed by atoms with Crippen LogP contribution in [0.4, 0.5) is 4.39 Å². The summed E-state index contributed by atoms with van der Waals surface area (Å²) in [5.74, 6) is 4.11. The summed E-state index contributed by atoms with van der Waals surface area (Å²) in [5, 5.41) is 0. The van der Waals surface area contributed by atoms with Gasteiger partial charge in [0.15, 0.2) is 0 Å². The quantitative estimate of drug-likeness (QED) is 0.494. The van der Waals surface area contributed by atoms with Crippen LogP contribution in [0, 0.1) is 35.5 Å². The van der Waals surface area contributed by atoms with Gasteiger partial charge in [0.05, 0.1) is 0 Å². The van der Waals surface area contributed by atoms with Crippen molar-refractivity contribution in [3.8, 4) is 0 Å². The van der Waals surface area contributed by atoms with Crippen LogP contribution in [0.2, 0.25) is 0 Å². The molecule has 5 unspecified atom stereocenters. The van der Waals surface area contributed by atoms with E-state index < -0.39 is 6.17 Å². The van der Waals surface area contributed by atoms with Crippen molar-refractivity contribution in [3.63, 3.8) is 0 Å². The van der Waals surface area contributed by atoms with Crippen molar-refractivity contribution < 1.29 is 4.39 Å². The first-order valence-corrected chi connectivity index (χ1v) is 10.2. The Morgan fingerprint density at radius 2 is 1.64 bits per heavy atom. The van der Waals surface area contributed by atoms with Crippen molar-refractivity contribution in [3.05, 3.63) is 0 Å². The monoisotopic (exact) mass is 310 g/mol. The Labute approximate surface area is 138 Å². The Balaban J connectivity index is 1.72. The van der Waals surface area contributed by atoms with Crippen LogP contribution >= 0.6 is 0 Å². The van der Waals surface area contributed by atoms with Crippen LogP contribution in [0.1, 0.15) is 91.9 Å². The zero-order chi connectivity index (χ0) is 16.1. The largest absolute Gasteiger partial charge is 0.247 e. The van der Waals surface area contributed by atoms with Gasteiger partial charge in [-0.25, -0.2) is 4.39 Å². The van der Waals surface area contributed by atoms with Gasteiger partial charge in [-0.05, 0) is 61.2 Å². The lowest BCUT2D eigenvalue weighted by Crippen LogP contribution is -2.33. The van der Waals surface area contributed by atoms with Gasteiger partial charge in [0.2, 0.25) is 0 Å². The van der Waals surface area contributed by atoms with E-state index in [0.717, 1.165) is 24.2 Å². The third-order valence-electron chi connectivity index (χ3n) is 7.18. The fourth-order valence-corrected chi connectivity index (χ4v) is 5.26. The van der Waals surface area contributed by atoms with Crippen LogP contribution in [-0.4, -0.2) is 6.17 Å². The fourth-order valence-electron chi connectivity index (χ4n) is 5.26. The van der Waals surface area contributed by atoms with Crippen molar-refractivity contribution in [2.24, 2.45) is 35.5 Å². The molecule has 0 aliphatic heterocycles. The number of hydrogen-bond acceptors (Lipinski definition) is 0. The summed E-state index contributed by atoms with van der Waals surface area (Å²) in [7, 11) is 0. The van der Waals surface area contributed by atoms with Crippen molar-refractivity contribution >= 4 is 0 Å². The Kier molecular flexibility index (Phi) is 7.22. The highest BCUT2D eigenvalue weighted by Gasteiger charge is 2.34. The smallest absolute Gasteiger partial charge is 0.105 e. The minimum absolute atomic E-state index is 0.291. The third kappa shape index (κ3) is 4.71. The molecule has 1 heteroatoms. The van der Waals surface area contributed by atoms with E-state index in [1.54, 1.807) is 0 Å². The first kappa shape index (κ1) is 18.3. The fraction of sp³-hybridized carbons (Fsp3) is 1.00. The topological polar surface area (TPSA) is 0 Å². The van der Waals surface area contributed by atoms with Gasteiger partial charge >= 0.3 is 0 Å². The average Bonchev–Trinajstić information content (AvgIpc) is 2.52. The second-order valence-electron chi connectivity index (χ2n) is 8.74. The summed E-state index contributed by atoms with van der Waals surface area (Å²) >= 11 is 0. The van der Waals surface area contributed by atoms with Crippen LogP contribution < -0.4 is 0 Å². The number of rotatable bonds is 6. The van der Waals surface area contributed by atoms with E-state index >= 15 is 0 Å². The summed E-state index contributed by atoms with van der Waals surface area (Å²) in [5.41, 5.74) is 0. The van der Waals surface area contributed by atoms with E-state index in [4.69, 9.17) is 0 Å². The molecule has 0 saturated heterocycles. The molecule has 0 aromatic carbocycles. The Bertz CT molecular complexity index is 305. The second-order valence-corrected chi connectivity index (χ2v) is 8.74. The predicted molar refractivity (Wildman–Crippen MR) is 94.7 cm³/mol. The van der Waals surface area contributed by atoms with Crippen molar-refractivity contribution in [2.75, 3.05) is 0 Å². The first-order chi connectivity index (χ1) is 10.5. The normalized spacial score (nSPS) is 41.3. The van der Waals surface area contributed by atoms with E-state index in [1.165, 1.54) is 57.8 Å². The highest BCUT2D eigenvalue weighted by molar-refractivity contribution is 4.84. The maximum Gasteiger partial charge on any atom is 0.105 e. The second kappa shape index (κ2) is 8.69. The van der Waals surface area contributed by atoms with E-state index in [0.29, 0.717) is 17.8 Å². The third-order valence-corrected chi connectivity index (χ3v) is 7.18. The Hall–Kier alpha value is -0.0700. The molecule has 0 bridgehead atoms. The van der Waals surface area contributed by atoms with Crippen LogP contribution in [0.3, 0.4) is 0 Å². The summed E-state index contributed by atoms with van der Waals surface area (Å²) in [6.07, 6.45) is 13.0. The van der Waals surface area contributed by atoms with E-state index in [2.05, 4.69) is 27.7 Å². The molecule has 2 aliphatic carbocycles. The maximum atomic E-state index is 14.2. The minimum atomic E-state index is -0.555. The zero-order valence-corrected chi connectivity index (χ0v) is 15.5. The molecule has 0 heterocycles. The van der Waals surface area contributed by atoms with Gasteiger partial charge in [-0.2, -0.15) is 0 Å². The highest BCUT2D eigenvalue weighted by Crippen LogP contribution is 2.40. The molecule has 0 aromatic heterocycles. The van der Waals surface area contributed by atoms with Gasteiger partial charge in [-0.1, -0.05) is 66.2 Å². The number of hydrogen-bond donors (Lipinski definition) is 0. The lowest BCUT2D eigenvalue weighted by atomic mass is 9.71. The summed E-state index contributed by atoms with van der Waals surface area (Å²) in [4.78, 5) is 0. The minimum Gasteiger partial charge on any atom is -0.247 e. The average molecular weight is 311 g/mol. The van der Waals surface area contributed by atoms with Gasteiger partial charge in [0, 0.05) is 0 Å². The molecule has 0 N–H and O–H groups in total. The molecule has 0 amide bonds. The molecule has 5 atom stereocenters. The van der Waals surface area contributed by atoms with E-state index in [-0.39, 0.29) is 0 Å². The van der Waals surface area contributed by atoms with Crippen LogP contribution in [0.5, 0.6) is 0 Å². The molecule has 2 rings (SSSR count). The van der Waals surface area contributed by atoms with Crippen molar-refractivity contribution in [2.45, 2.75) is 98.1 Å². The SMILES string of the molecule is CCC(CCCC1CCC(C)C(F)C1C)C1CCC(C)CC1. The zero-order valence-electron chi connectivity index (χ0n) is 15.5. The van der Waals surface area contributed by atoms with Gasteiger partial charge in [-0.15, -0.1) is 0 Å². The molecular weight excluding hydrogens is 271 g/mol. The Morgan fingerprint density at radius 1 is 0.955 bits per heavy atom. The first-order valence-electron chi connectivity index (χ1n) is 10.2. The molecule has 0 radical (unpaired) electrons. The van der Waals surface area contributed by atoms with Gasteiger partial charge in [0.25, 0.3) is 0 Å². The van der Waals surface area contributed by atoms with Crippen LogP contribution in [0.15, 0.2) is 0 Å². The van der Waals surface area contributed by atoms with E-state index in [9.17, 15) is 4.39 Å². The molecule has 0 nitrogen and oxygen atoms in total. The molecule has 2 fully saturated rings. The molecular formula is C21H39F. The Morgan fingerprint density at radius 3 is 2.27 bits per heavy atom. The van der Waals surface area contributed by atoms with Gasteiger partial charge < -0.3 is 0 Å². The summed E-state index contributed by atoms with van der Waals surface area (Å²) in [6.45, 7) is 9.04.